The van der Waals surface area contributed by atoms with E-state index < -0.39 is 44.9 Å². The normalized spacial score (nSPS) is 28.0. The molecule has 2 rings (SSSR count). The number of rotatable bonds is 5. The van der Waals surface area contributed by atoms with Gasteiger partial charge in [0.1, 0.15) is 23.9 Å². The summed E-state index contributed by atoms with van der Waals surface area (Å²) in [6.45, 7) is -0.665. The molecule has 2 heterocycles. The minimum Gasteiger partial charge on any atom is -0.478 e. The molecule has 23 heavy (non-hydrogen) atoms. The van der Waals surface area contributed by atoms with Gasteiger partial charge in [0.25, 0.3) is 0 Å². The molecule has 0 saturated carbocycles. The van der Waals surface area contributed by atoms with Gasteiger partial charge in [-0.1, -0.05) is 0 Å². The third-order valence-corrected chi connectivity index (χ3v) is 3.74. The lowest BCUT2D eigenvalue weighted by Gasteiger charge is -2.19. The van der Waals surface area contributed by atoms with Gasteiger partial charge in [0.15, 0.2) is 6.23 Å². The third kappa shape index (κ3) is 4.03. The van der Waals surface area contributed by atoms with E-state index in [2.05, 4.69) is 4.52 Å². The number of aliphatic hydroxyl groups is 2. The molecule has 0 bridgehead atoms. The zero-order valence-corrected chi connectivity index (χ0v) is 12.4. The standard InChI is InChI=1S/C11H15N2O9P/c12-6-1-2-13(3-5(6)11(16)17)10-9(15)8(14)7(22-10)4-21-23(18,19)20/h1-3,7-10,12,14-15H,4H2,(H,16,17)(H2,18,19,20). The molecule has 4 unspecified atom stereocenters. The molecule has 6 N–H and O–H groups in total. The highest BCUT2D eigenvalue weighted by atomic mass is 31.2. The first kappa shape index (κ1) is 17.8. The topological polar surface area (TPSA) is 183 Å². The number of nitrogens with one attached hydrogen (secondary N) is 1. The first-order valence-electron chi connectivity index (χ1n) is 6.31. The molecule has 1 fully saturated rings. The molecule has 128 valence electrons. The van der Waals surface area contributed by atoms with Crippen LogP contribution in [-0.2, 0) is 13.8 Å². The molecule has 1 aliphatic heterocycles. The summed E-state index contributed by atoms with van der Waals surface area (Å²) < 4.78 is 21.3. The maximum absolute atomic E-state index is 11.0. The van der Waals surface area contributed by atoms with Crippen molar-refractivity contribution < 1.29 is 43.7 Å². The Morgan fingerprint density at radius 1 is 1.39 bits per heavy atom. The summed E-state index contributed by atoms with van der Waals surface area (Å²) in [6.07, 6.45) is -3.07. The van der Waals surface area contributed by atoms with Crippen LogP contribution in [0.25, 0.3) is 0 Å². The molecule has 4 atom stereocenters. The van der Waals surface area contributed by atoms with Gasteiger partial charge < -0.3 is 34.4 Å². The lowest BCUT2D eigenvalue weighted by Crippen LogP contribution is -2.33. The Morgan fingerprint density at radius 2 is 2.04 bits per heavy atom. The monoisotopic (exact) mass is 350 g/mol. The molecule has 0 aliphatic carbocycles. The van der Waals surface area contributed by atoms with Gasteiger partial charge in [-0.3, -0.25) is 9.93 Å². The molecule has 1 saturated heterocycles. The van der Waals surface area contributed by atoms with Crippen LogP contribution in [0.2, 0.25) is 0 Å². The first-order valence-corrected chi connectivity index (χ1v) is 7.84. The number of phosphoric acid groups is 1. The van der Waals surface area contributed by atoms with Crippen molar-refractivity contribution in [2.24, 2.45) is 0 Å². The molecule has 12 heteroatoms. The number of carboxylic acid groups (broad SMARTS) is 1. The Morgan fingerprint density at radius 3 is 2.61 bits per heavy atom. The highest BCUT2D eigenvalue weighted by Crippen LogP contribution is 2.38. The van der Waals surface area contributed by atoms with Crippen molar-refractivity contribution in [3.05, 3.63) is 29.4 Å². The fourth-order valence-electron chi connectivity index (χ4n) is 2.12. The number of hydrogen-bond acceptors (Lipinski definition) is 7. The molecule has 0 radical (unpaired) electrons. The van der Waals surface area contributed by atoms with Gasteiger partial charge in [0, 0.05) is 12.4 Å². The Hall–Kier alpha value is -1.59. The summed E-state index contributed by atoms with van der Waals surface area (Å²) in [4.78, 5) is 28.3. The van der Waals surface area contributed by atoms with E-state index in [1.54, 1.807) is 0 Å². The van der Waals surface area contributed by atoms with Crippen LogP contribution in [0.15, 0.2) is 18.5 Å². The Balaban J connectivity index is 2.21. The van der Waals surface area contributed by atoms with Crippen molar-refractivity contribution in [2.45, 2.75) is 24.5 Å². The van der Waals surface area contributed by atoms with Crippen LogP contribution in [0.5, 0.6) is 0 Å². The van der Waals surface area contributed by atoms with E-state index in [-0.39, 0.29) is 10.9 Å². The quantitative estimate of drug-likeness (QED) is 0.340. The molecular formula is C11H15N2O9P. The summed E-state index contributed by atoms with van der Waals surface area (Å²) in [7, 11) is -4.77. The van der Waals surface area contributed by atoms with E-state index in [4.69, 9.17) is 25.0 Å². The predicted octanol–water partition coefficient (Wildman–Crippen LogP) is -1.61. The zero-order chi connectivity index (χ0) is 17.4. The van der Waals surface area contributed by atoms with Gasteiger partial charge >= 0.3 is 13.8 Å². The van der Waals surface area contributed by atoms with E-state index in [0.717, 1.165) is 10.8 Å². The van der Waals surface area contributed by atoms with E-state index in [0.29, 0.717) is 0 Å². The minimum atomic E-state index is -4.77. The highest BCUT2D eigenvalue weighted by molar-refractivity contribution is 7.46. The number of carbonyl (C=O) groups is 1. The lowest BCUT2D eigenvalue weighted by molar-refractivity contribution is -0.0523. The largest absolute Gasteiger partial charge is 0.478 e. The second-order valence-corrected chi connectivity index (χ2v) is 6.10. The molecule has 0 aromatic carbocycles. The summed E-state index contributed by atoms with van der Waals surface area (Å²) in [6, 6.07) is 1.17. The number of aromatic carboxylic acids is 1. The molecule has 1 aromatic heterocycles. The van der Waals surface area contributed by atoms with Gasteiger partial charge in [-0.15, -0.1) is 0 Å². The van der Waals surface area contributed by atoms with Crippen molar-refractivity contribution in [3.63, 3.8) is 0 Å². The number of pyridine rings is 1. The third-order valence-electron chi connectivity index (χ3n) is 3.25. The average molecular weight is 350 g/mol. The van der Waals surface area contributed by atoms with Gasteiger partial charge in [0.2, 0.25) is 0 Å². The summed E-state index contributed by atoms with van der Waals surface area (Å²) in [5, 5.41) is 36.0. The molecule has 11 nitrogen and oxygen atoms in total. The van der Waals surface area contributed by atoms with E-state index in [1.165, 1.54) is 12.3 Å². The number of hydrogen-bond donors (Lipinski definition) is 6. The molecule has 0 amide bonds. The van der Waals surface area contributed by atoms with Crippen molar-refractivity contribution in [2.75, 3.05) is 6.61 Å². The van der Waals surface area contributed by atoms with E-state index in [1.807, 2.05) is 0 Å². The first-order chi connectivity index (χ1) is 10.6. The Bertz CT molecular complexity index is 699. The van der Waals surface area contributed by atoms with Crippen LogP contribution in [-0.4, -0.2) is 60.6 Å². The van der Waals surface area contributed by atoms with Crippen molar-refractivity contribution in [1.82, 2.24) is 4.57 Å². The fraction of sp³-hybridized carbons (Fsp3) is 0.455. The number of ether oxygens (including phenoxy) is 1. The van der Waals surface area contributed by atoms with Crippen LogP contribution >= 0.6 is 7.82 Å². The van der Waals surface area contributed by atoms with Gasteiger partial charge in [0.05, 0.1) is 12.0 Å². The molecule has 1 aliphatic rings. The van der Waals surface area contributed by atoms with Crippen LogP contribution in [0.3, 0.4) is 0 Å². The van der Waals surface area contributed by atoms with E-state index >= 15 is 0 Å². The van der Waals surface area contributed by atoms with Crippen LogP contribution in [0, 0.1) is 5.41 Å². The predicted molar refractivity (Wildman–Crippen MR) is 71.2 cm³/mol. The lowest BCUT2D eigenvalue weighted by atomic mass is 10.1. The Labute approximate surface area is 129 Å². The van der Waals surface area contributed by atoms with Crippen LogP contribution in [0.1, 0.15) is 16.6 Å². The van der Waals surface area contributed by atoms with Crippen molar-refractivity contribution in [1.29, 1.82) is 5.41 Å². The van der Waals surface area contributed by atoms with Crippen LogP contribution in [0.4, 0.5) is 0 Å². The smallest absolute Gasteiger partial charge is 0.469 e. The second kappa shape index (κ2) is 6.49. The number of carboxylic acids is 1. The molecular weight excluding hydrogens is 335 g/mol. The molecule has 0 spiro atoms. The number of phosphoric ester groups is 1. The maximum Gasteiger partial charge on any atom is 0.469 e. The summed E-state index contributed by atoms with van der Waals surface area (Å²) >= 11 is 0. The SMILES string of the molecule is N=c1ccn(C2OC(COP(=O)(O)O)C(O)C2O)cc1C(=O)O. The highest BCUT2D eigenvalue weighted by Gasteiger charge is 2.44. The zero-order valence-electron chi connectivity index (χ0n) is 11.5. The van der Waals surface area contributed by atoms with Crippen LogP contribution < -0.4 is 5.36 Å². The Kier molecular flexibility index (Phi) is 5.01. The van der Waals surface area contributed by atoms with Crippen molar-refractivity contribution >= 4 is 13.8 Å². The summed E-state index contributed by atoms with van der Waals surface area (Å²) in [5.41, 5.74) is -0.340. The second-order valence-electron chi connectivity index (χ2n) is 4.86. The minimum absolute atomic E-state index is 0.247. The van der Waals surface area contributed by atoms with Crippen molar-refractivity contribution in [3.8, 4) is 0 Å². The van der Waals surface area contributed by atoms with Gasteiger partial charge in [-0.2, -0.15) is 0 Å². The van der Waals surface area contributed by atoms with Gasteiger partial charge in [-0.25, -0.2) is 9.36 Å². The fourth-order valence-corrected chi connectivity index (χ4v) is 2.47. The van der Waals surface area contributed by atoms with E-state index in [9.17, 15) is 19.6 Å². The maximum atomic E-state index is 11.0. The number of aromatic nitrogens is 1. The molecule has 1 aromatic rings. The number of aliphatic hydroxyl groups excluding tert-OH is 2. The summed E-state index contributed by atoms with van der Waals surface area (Å²) in [5.74, 6) is -1.35. The number of nitrogens with zero attached hydrogens (tertiary/aromatic N) is 1. The average Bonchev–Trinajstić information content (AvgIpc) is 2.73. The van der Waals surface area contributed by atoms with Gasteiger partial charge in [-0.05, 0) is 6.07 Å².